The van der Waals surface area contributed by atoms with Crippen molar-refractivity contribution in [2.45, 2.75) is 58.8 Å². The molecule has 3 heteroatoms. The number of rotatable bonds is 0. The van der Waals surface area contributed by atoms with Crippen LogP contribution in [0.4, 0.5) is 0 Å². The van der Waals surface area contributed by atoms with Gasteiger partial charge >= 0.3 is 28.4 Å². The molecule has 0 nitrogen and oxygen atoms in total. The Balaban J connectivity index is 0.000000534. The molecule has 0 atom stereocenters. The third kappa shape index (κ3) is 13.7. The summed E-state index contributed by atoms with van der Waals surface area (Å²) in [6.07, 6.45) is 10.0. The molecular weight excluding hydrogens is 631 g/mol. The minimum atomic E-state index is 0. The van der Waals surface area contributed by atoms with E-state index in [1.165, 1.54) is 56.9 Å². The van der Waals surface area contributed by atoms with Crippen LogP contribution in [0.3, 0.4) is 0 Å². The summed E-state index contributed by atoms with van der Waals surface area (Å²) in [5.41, 5.74) is 3.28. The Morgan fingerprint density at radius 3 is 1.26 bits per heavy atom. The molecule has 1 aliphatic rings. The Hall–Kier alpha value is -2.44. The van der Waals surface area contributed by atoms with Crippen LogP contribution in [-0.2, 0) is 35.1 Å². The van der Waals surface area contributed by atoms with Crippen LogP contribution in [0.15, 0.2) is 121 Å². The molecule has 6 rings (SSSR count). The molecule has 0 bridgehead atoms. The Morgan fingerprint density at radius 2 is 1.00 bits per heavy atom. The van der Waals surface area contributed by atoms with Gasteiger partial charge in [-0.25, -0.2) is 12.2 Å². The molecule has 0 aromatic heterocycles. The average molecular weight is 673 g/mol. The first-order valence-corrected chi connectivity index (χ1v) is 15.4. The molecule has 0 saturated heterocycles. The number of allylic oxidation sites excluding steroid dienone is 4. The normalized spacial score (nSPS) is 11.1. The van der Waals surface area contributed by atoms with Crippen LogP contribution >= 0.6 is 0 Å². The van der Waals surface area contributed by atoms with Gasteiger partial charge in [0.15, 0.2) is 0 Å². The number of benzene rings is 4. The van der Waals surface area contributed by atoms with Crippen molar-refractivity contribution in [3.63, 3.8) is 0 Å². The van der Waals surface area contributed by atoms with E-state index in [9.17, 15) is 0 Å². The topological polar surface area (TPSA) is 0 Å². The summed E-state index contributed by atoms with van der Waals surface area (Å²) in [4.78, 5) is 0. The number of hydrogen-bond donors (Lipinski definition) is 0. The van der Waals surface area contributed by atoms with Gasteiger partial charge in [0.05, 0.1) is 0 Å². The fourth-order valence-electron chi connectivity index (χ4n) is 4.02. The minimum absolute atomic E-state index is 0. The first-order valence-electron chi connectivity index (χ1n) is 13.7. The largest absolute Gasteiger partial charge is 1.00 e. The van der Waals surface area contributed by atoms with Gasteiger partial charge in [0.2, 0.25) is 0 Å². The van der Waals surface area contributed by atoms with E-state index in [0.717, 1.165) is 6.42 Å². The van der Waals surface area contributed by atoms with Crippen molar-refractivity contribution in [2.24, 2.45) is 0 Å². The van der Waals surface area contributed by atoms with E-state index in [-0.39, 0.29) is 35.6 Å². The van der Waals surface area contributed by atoms with Crippen molar-refractivity contribution >= 4 is 25.8 Å². The number of fused-ring (bicyclic) bond motifs is 3. The molecule has 0 aliphatic heterocycles. The maximum Gasteiger partial charge on any atom is -0.0771 e. The van der Waals surface area contributed by atoms with Crippen molar-refractivity contribution in [3.8, 4) is 0 Å². The molecule has 0 saturated carbocycles. The van der Waals surface area contributed by atoms with Gasteiger partial charge in [0.1, 0.15) is 0 Å². The van der Waals surface area contributed by atoms with Crippen molar-refractivity contribution in [3.05, 3.63) is 151 Å². The van der Waals surface area contributed by atoms with Gasteiger partial charge < -0.3 is 24.8 Å². The molecule has 0 unspecified atom stereocenters. The Kier molecular flexibility index (Phi) is 19.3. The van der Waals surface area contributed by atoms with Gasteiger partial charge in [-0.15, -0.1) is 46.2 Å². The van der Waals surface area contributed by atoms with E-state index in [2.05, 4.69) is 149 Å². The molecule has 5 aromatic rings. The van der Waals surface area contributed by atoms with Crippen molar-refractivity contribution in [1.82, 2.24) is 0 Å². The van der Waals surface area contributed by atoms with E-state index in [4.69, 9.17) is 0 Å². The molecule has 42 heavy (non-hydrogen) atoms. The zero-order valence-corrected chi connectivity index (χ0v) is 29.7. The van der Waals surface area contributed by atoms with Crippen LogP contribution in [0.25, 0.3) is 21.5 Å². The number of hydrogen-bond acceptors (Lipinski definition) is 0. The molecule has 0 fully saturated rings. The van der Waals surface area contributed by atoms with Gasteiger partial charge in [0, 0.05) is 0 Å². The van der Waals surface area contributed by atoms with Gasteiger partial charge in [-0.2, -0.15) is 77.9 Å². The second kappa shape index (κ2) is 20.5. The third-order valence-corrected chi connectivity index (χ3v) is 6.28. The van der Waals surface area contributed by atoms with Crippen molar-refractivity contribution in [2.75, 3.05) is 0 Å². The van der Waals surface area contributed by atoms with Crippen LogP contribution in [-0.4, -0.2) is 4.21 Å². The maximum absolute atomic E-state index is 3.34. The first-order chi connectivity index (χ1) is 19.2. The van der Waals surface area contributed by atoms with E-state index < -0.39 is 0 Å². The average Bonchev–Trinajstić information content (AvgIpc) is 3.67. The molecule has 0 radical (unpaired) electrons. The SMILES string of the molecule is CC(C)(C)c1cc[c-]cc1.CC(C)(C)c1cc[c-]cc1.[C-]1=CC=CC1.[CH2]=[Zr+2].[Cl-].[Cl-].c1ccc2c(c1)[cH-]c1ccccc12. The van der Waals surface area contributed by atoms with Crippen molar-refractivity contribution in [1.29, 1.82) is 0 Å². The quantitative estimate of drug-likeness (QED) is 0.212. The molecule has 0 N–H and O–H groups in total. The Labute approximate surface area is 282 Å². The second-order valence-electron chi connectivity index (χ2n) is 11.4. The Morgan fingerprint density at radius 1 is 0.619 bits per heavy atom. The predicted molar refractivity (Wildman–Crippen MR) is 174 cm³/mol. The van der Waals surface area contributed by atoms with Gasteiger partial charge in [-0.3, -0.25) is 6.08 Å². The van der Waals surface area contributed by atoms with Crippen LogP contribution in [0, 0.1) is 18.2 Å². The van der Waals surface area contributed by atoms with E-state index in [1.54, 1.807) is 0 Å². The van der Waals surface area contributed by atoms with E-state index in [0.29, 0.717) is 0 Å². The number of halogens is 2. The standard InChI is InChI=1S/C13H9.2C10H13.C5H5.CH2.2ClH.Zr/c1-3-7-12-10(5-1)9-11-6-2-4-8-13(11)12;2*1-10(2,3)9-7-5-4-6-8-9;1-2-4-5-3-1;;;;/h1-9H;2*5-8H,1-3H3;1-3H,4H2;1H2;2*1H;/q4*-1;;;;+2/p-2. The molecule has 0 amide bonds. The van der Waals surface area contributed by atoms with Gasteiger partial charge in [-0.1, -0.05) is 77.9 Å². The summed E-state index contributed by atoms with van der Waals surface area (Å²) in [6, 6.07) is 41.6. The molecule has 0 heterocycles. The minimum Gasteiger partial charge on any atom is -1.00 e. The summed E-state index contributed by atoms with van der Waals surface area (Å²) in [5, 5.41) is 5.39. The molecule has 0 spiro atoms. The van der Waals surface area contributed by atoms with Crippen LogP contribution in [0.5, 0.6) is 0 Å². The fraction of sp³-hybridized carbons (Fsp3) is 0.231. The monoisotopic (exact) mass is 670 g/mol. The zero-order chi connectivity index (χ0) is 29.4. The van der Waals surface area contributed by atoms with Crippen LogP contribution < -0.4 is 24.8 Å². The van der Waals surface area contributed by atoms with E-state index >= 15 is 0 Å². The molecule has 5 aromatic carbocycles. The van der Waals surface area contributed by atoms with Gasteiger partial charge in [-0.05, 0) is 10.8 Å². The van der Waals surface area contributed by atoms with Gasteiger partial charge in [0.25, 0.3) is 0 Å². The maximum atomic E-state index is 3.34. The van der Waals surface area contributed by atoms with E-state index in [1.807, 2.05) is 36.4 Å². The molecule has 1 aliphatic carbocycles. The summed E-state index contributed by atoms with van der Waals surface area (Å²) in [6.45, 7) is 13.3. The van der Waals surface area contributed by atoms with Crippen molar-refractivity contribution < 1.29 is 49.0 Å². The summed E-state index contributed by atoms with van der Waals surface area (Å²) in [5.74, 6) is 0. The zero-order valence-electron chi connectivity index (χ0n) is 25.7. The Bertz CT molecular complexity index is 1340. The van der Waals surface area contributed by atoms with Crippen LogP contribution in [0.1, 0.15) is 59.1 Å². The summed E-state index contributed by atoms with van der Waals surface area (Å²) >= 11 is 1.30. The smallest absolute Gasteiger partial charge is 0.0771 e. The third-order valence-electron chi connectivity index (χ3n) is 6.28. The predicted octanol–water partition coefficient (Wildman–Crippen LogP) is 4.56. The fourth-order valence-corrected chi connectivity index (χ4v) is 4.02. The molecule has 220 valence electrons. The first kappa shape index (κ1) is 39.6. The summed E-state index contributed by atoms with van der Waals surface area (Å²) < 4.78 is 3.34. The summed E-state index contributed by atoms with van der Waals surface area (Å²) in [7, 11) is 0. The second-order valence-corrected chi connectivity index (χ2v) is 11.4. The molecular formula is C39H42Cl2Zr-4. The van der Waals surface area contributed by atoms with Crippen LogP contribution in [0.2, 0.25) is 0 Å².